The Morgan fingerprint density at radius 2 is 1.69 bits per heavy atom. The number of rotatable bonds is 10. The van der Waals surface area contributed by atoms with Crippen molar-refractivity contribution < 1.29 is 51.2 Å². The largest absolute Gasteiger partial charge is 0.497 e. The molecule has 2 aromatic heterocycles. The number of anilines is 1. The highest BCUT2D eigenvalue weighted by molar-refractivity contribution is 6.03. The molecule has 7 heterocycles. The van der Waals surface area contributed by atoms with Crippen molar-refractivity contribution in [1.29, 1.82) is 0 Å². The summed E-state index contributed by atoms with van der Waals surface area (Å²) < 4.78 is 68.5. The van der Waals surface area contributed by atoms with E-state index in [4.69, 9.17) is 25.4 Å². The molecule has 0 saturated carbocycles. The normalized spacial score (nSPS) is 20.3. The number of benzene rings is 2. The van der Waals surface area contributed by atoms with Gasteiger partial charge in [-0.25, -0.2) is 13.2 Å². The van der Waals surface area contributed by atoms with Gasteiger partial charge >= 0.3 is 12.0 Å². The lowest BCUT2D eigenvalue weighted by Gasteiger charge is -2.48. The summed E-state index contributed by atoms with van der Waals surface area (Å²) >= 11 is 0. The molecule has 17 heteroatoms. The molecule has 5 atom stereocenters. The molecule has 5 aliphatic rings. The molecule has 65 heavy (non-hydrogen) atoms. The van der Waals surface area contributed by atoms with Crippen molar-refractivity contribution >= 4 is 46.2 Å². The third kappa shape index (κ3) is 12.8. The highest BCUT2D eigenvalue weighted by Gasteiger charge is 2.38. The standard InChI is InChI=1S/C26H21F2N5O2.C10H18O5.C7H12FN.C5H10O/c1-4-17-20(27)6-5-13-7-16(34-2)9-18(21(13)17)23-22(28)24-19(10-29-23)25(32-26(31-24)35-3)33-11-14-8-15(12-33)30-14;1-10(2,3)9(12)14-6-8(5-13-4)15-7-11;8-6-4-7-2-1-3-9(7)5-6;1-5(2,3)4-6/h1,5-7,9-10,14-15,30H,8,11-12H2,2-3H3;7-8H,5-6H2,1-4H3;6-7H,1-5H2;4H,1-3H3/t;;6-,7?;/m..1./s1. The number of hydrogen-bond donors (Lipinski definition) is 1. The number of aldehydes is 1. The lowest BCUT2D eigenvalue weighted by Crippen LogP contribution is -2.67. The van der Waals surface area contributed by atoms with Gasteiger partial charge < -0.3 is 38.7 Å². The summed E-state index contributed by atoms with van der Waals surface area (Å²) in [7, 11) is 4.42. The molecule has 0 amide bonds. The Hall–Kier alpha value is -5.57. The topological polar surface area (TPSA) is 155 Å². The van der Waals surface area contributed by atoms with Gasteiger partial charge in [0.25, 0.3) is 6.47 Å². The summed E-state index contributed by atoms with van der Waals surface area (Å²) in [4.78, 5) is 49.0. The zero-order valence-electron chi connectivity index (χ0n) is 38.7. The zero-order chi connectivity index (χ0) is 47.6. The molecule has 5 saturated heterocycles. The molecule has 0 aliphatic carbocycles. The van der Waals surface area contributed by atoms with Crippen LogP contribution in [0.4, 0.5) is 19.0 Å². The quantitative estimate of drug-likeness (QED) is 0.100. The Bertz CT molecular complexity index is 2320. The number of fused-ring (bicyclic) bond motifs is 5. The van der Waals surface area contributed by atoms with Gasteiger partial charge in [-0.2, -0.15) is 9.97 Å². The molecule has 4 aromatic rings. The Morgan fingerprint density at radius 1 is 1.00 bits per heavy atom. The molecule has 5 aliphatic heterocycles. The molecule has 352 valence electrons. The van der Waals surface area contributed by atoms with Crippen molar-refractivity contribution in [3.05, 3.63) is 47.7 Å². The number of carbonyl (C=O) groups excluding carboxylic acids is 3. The van der Waals surface area contributed by atoms with Crippen LogP contribution in [0, 0.1) is 34.8 Å². The number of nitrogens with zero attached hydrogens (tertiary/aromatic N) is 5. The Morgan fingerprint density at radius 3 is 2.26 bits per heavy atom. The van der Waals surface area contributed by atoms with Crippen molar-refractivity contribution in [2.75, 3.05) is 65.6 Å². The van der Waals surface area contributed by atoms with Crippen LogP contribution in [0.2, 0.25) is 0 Å². The van der Waals surface area contributed by atoms with Crippen molar-refractivity contribution in [3.63, 3.8) is 0 Å². The second-order valence-corrected chi connectivity index (χ2v) is 18.5. The summed E-state index contributed by atoms with van der Waals surface area (Å²) in [5.74, 6) is 1.85. The van der Waals surface area contributed by atoms with E-state index in [9.17, 15) is 23.2 Å². The molecule has 1 N–H and O–H groups in total. The number of esters is 1. The monoisotopic (exact) mass is 906 g/mol. The second kappa shape index (κ2) is 22.1. The van der Waals surface area contributed by atoms with Crippen LogP contribution in [-0.4, -0.2) is 130 Å². The fourth-order valence-corrected chi connectivity index (χ4v) is 7.89. The predicted molar refractivity (Wildman–Crippen MR) is 242 cm³/mol. The first-order valence-corrected chi connectivity index (χ1v) is 21.6. The van der Waals surface area contributed by atoms with E-state index in [1.807, 2.05) is 20.8 Å². The van der Waals surface area contributed by atoms with Gasteiger partial charge in [-0.05, 0) is 76.6 Å². The summed E-state index contributed by atoms with van der Waals surface area (Å²) in [6.45, 7) is 14.8. The number of hydrogen-bond acceptors (Lipinski definition) is 14. The van der Waals surface area contributed by atoms with Crippen molar-refractivity contribution in [2.24, 2.45) is 10.8 Å². The average Bonchev–Trinajstić information content (AvgIpc) is 3.86. The number of aromatic nitrogens is 3. The minimum atomic E-state index is -0.675. The molecule has 5 fully saturated rings. The summed E-state index contributed by atoms with van der Waals surface area (Å²) in [5, 5.41) is 4.94. The molecule has 14 nitrogen and oxygen atoms in total. The number of methoxy groups -OCH3 is 3. The fraction of sp³-hybridized carbons (Fsp3) is 0.542. The molecule has 0 spiro atoms. The first-order chi connectivity index (χ1) is 30.8. The van der Waals surface area contributed by atoms with Gasteiger partial charge in [0.1, 0.15) is 47.7 Å². The molecule has 0 radical (unpaired) electrons. The lowest BCUT2D eigenvalue weighted by atomic mass is 9.91. The number of terminal acetylenes is 1. The minimum absolute atomic E-state index is 0.0154. The van der Waals surface area contributed by atoms with Gasteiger partial charge in [0.2, 0.25) is 0 Å². The molecular weight excluding hydrogens is 846 g/mol. The second-order valence-electron chi connectivity index (χ2n) is 18.5. The van der Waals surface area contributed by atoms with Gasteiger partial charge in [0.05, 0.1) is 37.2 Å². The number of piperazine rings is 1. The van der Waals surface area contributed by atoms with Crippen LogP contribution in [0.1, 0.15) is 72.8 Å². The van der Waals surface area contributed by atoms with Crippen LogP contribution >= 0.6 is 0 Å². The minimum Gasteiger partial charge on any atom is -0.497 e. The van der Waals surface area contributed by atoms with Gasteiger partial charge in [-0.3, -0.25) is 19.5 Å². The lowest BCUT2D eigenvalue weighted by molar-refractivity contribution is -0.161. The Balaban J connectivity index is 0.000000216. The van der Waals surface area contributed by atoms with Crippen LogP contribution in [0.3, 0.4) is 0 Å². The van der Waals surface area contributed by atoms with Gasteiger partial charge in [0.15, 0.2) is 11.9 Å². The number of pyridine rings is 1. The molecule has 4 unspecified atom stereocenters. The van der Waals surface area contributed by atoms with Crippen LogP contribution < -0.4 is 19.7 Å². The predicted octanol–water partition coefficient (Wildman–Crippen LogP) is 6.86. The number of nitrogens with one attached hydrogen (secondary N) is 1. The number of alkyl halides is 1. The maximum Gasteiger partial charge on any atom is 0.318 e. The first kappa shape index (κ1) is 50.4. The van der Waals surface area contributed by atoms with E-state index in [2.05, 4.69) is 40.7 Å². The van der Waals surface area contributed by atoms with E-state index in [0.29, 0.717) is 64.4 Å². The number of halogens is 3. The van der Waals surface area contributed by atoms with Crippen LogP contribution in [0.15, 0.2) is 30.5 Å². The SMILES string of the molecule is C#Cc1c(F)ccc2cc(OC)cc(-c3ncc4c(N5CC6CC(C5)N6)nc(OC)nc4c3F)c12.CC(C)(C)C=O.COCC(COC(=O)C(C)(C)C)OC=O.F[C@@H]1CC2CCCN2C1. The van der Waals surface area contributed by atoms with Gasteiger partial charge in [-0.15, -0.1) is 6.42 Å². The van der Waals surface area contributed by atoms with E-state index in [-0.39, 0.29) is 47.4 Å². The third-order valence-corrected chi connectivity index (χ3v) is 11.1. The Kier molecular flexibility index (Phi) is 17.1. The summed E-state index contributed by atoms with van der Waals surface area (Å²) in [5.41, 5.74) is -0.299. The van der Waals surface area contributed by atoms with Crippen molar-refractivity contribution in [2.45, 2.75) is 97.6 Å². The van der Waals surface area contributed by atoms with Gasteiger partial charge in [0, 0.05) is 67.4 Å². The number of ether oxygens (including phenoxy) is 5. The van der Waals surface area contributed by atoms with Crippen molar-refractivity contribution in [1.82, 2.24) is 25.2 Å². The Labute approximate surface area is 378 Å². The fourth-order valence-electron chi connectivity index (χ4n) is 7.89. The van der Waals surface area contributed by atoms with E-state index >= 15 is 4.39 Å². The maximum absolute atomic E-state index is 16.2. The number of carbonyl (C=O) groups is 3. The third-order valence-electron chi connectivity index (χ3n) is 11.1. The smallest absolute Gasteiger partial charge is 0.318 e. The summed E-state index contributed by atoms with van der Waals surface area (Å²) in [6.07, 6.45) is 11.5. The van der Waals surface area contributed by atoms with E-state index in [1.54, 1.807) is 45.2 Å². The van der Waals surface area contributed by atoms with Crippen LogP contribution in [0.25, 0.3) is 32.9 Å². The highest BCUT2D eigenvalue weighted by Crippen LogP contribution is 2.39. The summed E-state index contributed by atoms with van der Waals surface area (Å²) in [6, 6.07) is 7.61. The van der Waals surface area contributed by atoms with E-state index < -0.39 is 29.3 Å². The maximum atomic E-state index is 16.2. The average molecular weight is 907 g/mol. The van der Waals surface area contributed by atoms with E-state index in [1.165, 1.54) is 40.2 Å². The highest BCUT2D eigenvalue weighted by atomic mass is 19.1. The molecule has 2 bridgehead atoms. The molecular formula is C48H61F3N6O8. The number of piperidine rings is 1. The van der Waals surface area contributed by atoms with Crippen LogP contribution in [-0.2, 0) is 28.6 Å². The molecule has 2 aromatic carbocycles. The first-order valence-electron chi connectivity index (χ1n) is 21.6. The molecule has 9 rings (SSSR count). The van der Waals surface area contributed by atoms with Crippen molar-refractivity contribution in [3.8, 4) is 35.4 Å². The van der Waals surface area contributed by atoms with E-state index in [0.717, 1.165) is 38.8 Å². The van der Waals surface area contributed by atoms with Gasteiger partial charge in [-0.1, -0.05) is 32.8 Å². The van der Waals surface area contributed by atoms with Crippen LogP contribution in [0.5, 0.6) is 11.8 Å². The zero-order valence-corrected chi connectivity index (χ0v) is 38.7.